The molecule has 0 spiro atoms. The summed E-state index contributed by atoms with van der Waals surface area (Å²) in [5.41, 5.74) is 0.794. The van der Waals surface area contributed by atoms with Crippen LogP contribution in [-0.4, -0.2) is 57.4 Å². The van der Waals surface area contributed by atoms with E-state index in [1.165, 1.54) is 16.4 Å². The zero-order valence-electron chi connectivity index (χ0n) is 15.1. The smallest absolute Gasteiger partial charge is 0.251 e. The molecule has 8 nitrogen and oxygen atoms in total. The highest BCUT2D eigenvalue weighted by Gasteiger charge is 2.26. The van der Waals surface area contributed by atoms with Gasteiger partial charge in [-0.1, -0.05) is 24.3 Å². The third kappa shape index (κ3) is 4.94. The second-order valence-corrected chi connectivity index (χ2v) is 8.08. The number of amides is 2. The van der Waals surface area contributed by atoms with Crippen LogP contribution < -0.4 is 10.6 Å². The number of nitrogens with one attached hydrogen (secondary N) is 2. The van der Waals surface area contributed by atoms with Gasteiger partial charge in [-0.25, -0.2) is 8.42 Å². The molecule has 1 aliphatic heterocycles. The Morgan fingerprint density at radius 3 is 2.43 bits per heavy atom. The van der Waals surface area contributed by atoms with Crippen molar-refractivity contribution >= 4 is 27.5 Å². The van der Waals surface area contributed by atoms with Crippen LogP contribution in [0.5, 0.6) is 0 Å². The second-order valence-electron chi connectivity index (χ2n) is 6.14. The number of sulfonamides is 1. The van der Waals surface area contributed by atoms with Crippen molar-refractivity contribution in [1.82, 2.24) is 9.62 Å². The topological polar surface area (TPSA) is 105 Å². The van der Waals surface area contributed by atoms with Crippen molar-refractivity contribution in [3.05, 3.63) is 60.2 Å². The molecule has 3 rings (SSSR count). The first-order valence-corrected chi connectivity index (χ1v) is 10.2. The van der Waals surface area contributed by atoms with Crippen molar-refractivity contribution < 1.29 is 22.7 Å². The van der Waals surface area contributed by atoms with Gasteiger partial charge in [0, 0.05) is 24.3 Å². The van der Waals surface area contributed by atoms with Crippen LogP contribution in [0.4, 0.5) is 5.69 Å². The predicted molar refractivity (Wildman–Crippen MR) is 103 cm³/mol. The van der Waals surface area contributed by atoms with Gasteiger partial charge >= 0.3 is 0 Å². The fraction of sp³-hybridized carbons (Fsp3) is 0.263. The maximum atomic E-state index is 12.7. The van der Waals surface area contributed by atoms with Gasteiger partial charge in [0.1, 0.15) is 0 Å². The number of carbonyl (C=O) groups excluding carboxylic acids is 2. The minimum Gasteiger partial charge on any atom is -0.379 e. The highest BCUT2D eigenvalue weighted by Crippen LogP contribution is 2.20. The van der Waals surface area contributed by atoms with E-state index in [4.69, 9.17) is 4.74 Å². The highest BCUT2D eigenvalue weighted by atomic mass is 32.2. The molecule has 1 aliphatic rings. The third-order valence-electron chi connectivity index (χ3n) is 4.17. The quantitative estimate of drug-likeness (QED) is 0.751. The Balaban J connectivity index is 1.61. The zero-order valence-corrected chi connectivity index (χ0v) is 15.9. The molecule has 0 bridgehead atoms. The maximum Gasteiger partial charge on any atom is 0.251 e. The number of morpholine rings is 1. The Hall–Kier alpha value is -2.75. The molecule has 2 amide bonds. The average Bonchev–Trinajstić information content (AvgIpc) is 2.73. The number of ether oxygens (including phenoxy) is 1. The van der Waals surface area contributed by atoms with Gasteiger partial charge < -0.3 is 15.4 Å². The SMILES string of the molecule is O=C(CNC(=O)c1ccccc1)Nc1cccc(S(=O)(=O)N2CCOCC2)c1. The molecule has 2 N–H and O–H groups in total. The molecule has 0 aromatic heterocycles. The van der Waals surface area contributed by atoms with E-state index in [1.807, 2.05) is 0 Å². The van der Waals surface area contributed by atoms with Crippen LogP contribution in [0.1, 0.15) is 10.4 Å². The second kappa shape index (κ2) is 8.96. The van der Waals surface area contributed by atoms with Crippen molar-refractivity contribution in [2.24, 2.45) is 0 Å². The third-order valence-corrected chi connectivity index (χ3v) is 6.07. The lowest BCUT2D eigenvalue weighted by Gasteiger charge is -2.26. The highest BCUT2D eigenvalue weighted by molar-refractivity contribution is 7.89. The van der Waals surface area contributed by atoms with Crippen molar-refractivity contribution in [3.8, 4) is 0 Å². The summed E-state index contributed by atoms with van der Waals surface area (Å²) in [6.45, 7) is 1.08. The summed E-state index contributed by atoms with van der Waals surface area (Å²) in [6, 6.07) is 14.6. The Bertz CT molecular complexity index is 941. The van der Waals surface area contributed by atoms with Crippen LogP contribution in [-0.2, 0) is 19.6 Å². The maximum absolute atomic E-state index is 12.7. The Kier molecular flexibility index (Phi) is 6.40. The molecule has 2 aromatic carbocycles. The normalized spacial score (nSPS) is 15.0. The molecule has 1 heterocycles. The lowest BCUT2D eigenvalue weighted by atomic mass is 10.2. The number of benzene rings is 2. The molecule has 0 unspecified atom stereocenters. The van der Waals surface area contributed by atoms with Gasteiger partial charge in [0.25, 0.3) is 5.91 Å². The lowest BCUT2D eigenvalue weighted by Crippen LogP contribution is -2.40. The minimum atomic E-state index is -3.65. The van der Waals surface area contributed by atoms with Crippen LogP contribution in [0, 0.1) is 0 Å². The van der Waals surface area contributed by atoms with E-state index in [2.05, 4.69) is 10.6 Å². The van der Waals surface area contributed by atoms with E-state index in [1.54, 1.807) is 42.5 Å². The first kappa shape index (κ1) is 20.0. The lowest BCUT2D eigenvalue weighted by molar-refractivity contribution is -0.115. The predicted octanol–water partition coefficient (Wildman–Crippen LogP) is 1.08. The van der Waals surface area contributed by atoms with Gasteiger partial charge in [-0.3, -0.25) is 9.59 Å². The summed E-state index contributed by atoms with van der Waals surface area (Å²) in [5.74, 6) is -0.815. The van der Waals surface area contributed by atoms with Crippen LogP contribution in [0.2, 0.25) is 0 Å². The summed E-state index contributed by atoms with van der Waals surface area (Å²) in [5, 5.41) is 5.13. The summed E-state index contributed by atoms with van der Waals surface area (Å²) >= 11 is 0. The number of hydrogen-bond donors (Lipinski definition) is 2. The van der Waals surface area contributed by atoms with Crippen molar-refractivity contribution in [2.45, 2.75) is 4.90 Å². The first-order valence-electron chi connectivity index (χ1n) is 8.78. The zero-order chi connectivity index (χ0) is 20.0. The van der Waals surface area contributed by atoms with Gasteiger partial charge in [0.15, 0.2) is 0 Å². The van der Waals surface area contributed by atoms with Gasteiger partial charge in [0.2, 0.25) is 15.9 Å². The van der Waals surface area contributed by atoms with Crippen molar-refractivity contribution in [3.63, 3.8) is 0 Å². The Morgan fingerprint density at radius 2 is 1.71 bits per heavy atom. The molecule has 1 saturated heterocycles. The summed E-state index contributed by atoms with van der Waals surface area (Å²) in [4.78, 5) is 24.2. The monoisotopic (exact) mass is 403 g/mol. The van der Waals surface area contributed by atoms with Crippen molar-refractivity contribution in [1.29, 1.82) is 0 Å². The van der Waals surface area contributed by atoms with Gasteiger partial charge in [-0.2, -0.15) is 4.31 Å². The molecule has 0 aliphatic carbocycles. The molecule has 2 aromatic rings. The standard InChI is InChI=1S/C19H21N3O5S/c23-18(14-20-19(24)15-5-2-1-3-6-15)21-16-7-4-8-17(13-16)28(25,26)22-9-11-27-12-10-22/h1-8,13H,9-12,14H2,(H,20,24)(H,21,23). The number of anilines is 1. The van der Waals surface area contributed by atoms with Gasteiger partial charge in [-0.15, -0.1) is 0 Å². The molecule has 9 heteroatoms. The fourth-order valence-electron chi connectivity index (χ4n) is 2.73. The van der Waals surface area contributed by atoms with E-state index >= 15 is 0 Å². The molecule has 148 valence electrons. The van der Waals surface area contributed by atoms with E-state index in [0.29, 0.717) is 37.6 Å². The average molecular weight is 403 g/mol. The fourth-order valence-corrected chi connectivity index (χ4v) is 4.18. The number of nitrogens with zero attached hydrogens (tertiary/aromatic N) is 1. The van der Waals surface area contributed by atoms with Crippen LogP contribution in [0.25, 0.3) is 0 Å². The molecule has 28 heavy (non-hydrogen) atoms. The summed E-state index contributed by atoms with van der Waals surface area (Å²) in [6.07, 6.45) is 0. The van der Waals surface area contributed by atoms with Crippen LogP contribution in [0.15, 0.2) is 59.5 Å². The van der Waals surface area contributed by atoms with E-state index in [0.717, 1.165) is 0 Å². The number of hydrogen-bond acceptors (Lipinski definition) is 5. The molecule has 0 atom stereocenters. The Labute approximate surface area is 163 Å². The van der Waals surface area contributed by atoms with Gasteiger partial charge in [-0.05, 0) is 30.3 Å². The molecule has 0 saturated carbocycles. The Morgan fingerprint density at radius 1 is 1.00 bits per heavy atom. The minimum absolute atomic E-state index is 0.0977. The van der Waals surface area contributed by atoms with Gasteiger partial charge in [0.05, 0.1) is 24.7 Å². The largest absolute Gasteiger partial charge is 0.379 e. The van der Waals surface area contributed by atoms with Crippen molar-refractivity contribution in [2.75, 3.05) is 38.2 Å². The molecular formula is C19H21N3O5S. The number of rotatable bonds is 6. The molecular weight excluding hydrogens is 382 g/mol. The van der Waals surface area contributed by atoms with E-state index in [9.17, 15) is 18.0 Å². The number of carbonyl (C=O) groups is 2. The van der Waals surface area contributed by atoms with E-state index < -0.39 is 15.9 Å². The summed E-state index contributed by atoms with van der Waals surface area (Å²) < 4.78 is 31.9. The van der Waals surface area contributed by atoms with Crippen LogP contribution >= 0.6 is 0 Å². The van der Waals surface area contributed by atoms with E-state index in [-0.39, 0.29) is 17.3 Å². The molecule has 1 fully saturated rings. The first-order chi connectivity index (χ1) is 13.5. The molecule has 0 radical (unpaired) electrons. The van der Waals surface area contributed by atoms with Crippen LogP contribution in [0.3, 0.4) is 0 Å². The summed E-state index contributed by atoms with van der Waals surface area (Å²) in [7, 11) is -3.65.